The van der Waals surface area contributed by atoms with Crippen LogP contribution in [0, 0.1) is 11.8 Å². The summed E-state index contributed by atoms with van der Waals surface area (Å²) >= 11 is 0. The summed E-state index contributed by atoms with van der Waals surface area (Å²) in [6.07, 6.45) is -9.09. The van der Waals surface area contributed by atoms with Gasteiger partial charge in [-0.05, 0) is 42.5 Å². The summed E-state index contributed by atoms with van der Waals surface area (Å²) in [6, 6.07) is 7.08. The van der Waals surface area contributed by atoms with Gasteiger partial charge < -0.3 is 4.74 Å². The van der Waals surface area contributed by atoms with Crippen LogP contribution in [0.1, 0.15) is 11.1 Å². The zero-order chi connectivity index (χ0) is 21.7. The van der Waals surface area contributed by atoms with Crippen LogP contribution in [0.5, 0.6) is 5.75 Å². The average molecular weight is 437 g/mol. The van der Waals surface area contributed by atoms with Gasteiger partial charge in [-0.2, -0.15) is 31.1 Å². The first-order valence-electron chi connectivity index (χ1n) is 7.82. The second-order valence-corrected chi connectivity index (χ2v) is 7.28. The molecule has 0 unspecified atom stereocenters. The third-order valence-electron chi connectivity index (χ3n) is 3.44. The normalized spacial score (nSPS) is 12.2. The number of sulfonamides is 1. The third-order valence-corrected chi connectivity index (χ3v) is 4.86. The summed E-state index contributed by atoms with van der Waals surface area (Å²) in [6.45, 7) is -0.654. The highest BCUT2D eigenvalue weighted by molar-refractivity contribution is 7.89. The number of rotatable bonds is 5. The Balaban J connectivity index is 1.88. The van der Waals surface area contributed by atoms with E-state index in [0.29, 0.717) is 12.1 Å². The molecule has 2 rings (SSSR count). The van der Waals surface area contributed by atoms with E-state index in [2.05, 4.69) is 16.6 Å². The Morgan fingerprint density at radius 3 is 2.07 bits per heavy atom. The van der Waals surface area contributed by atoms with Gasteiger partial charge in [0, 0.05) is 0 Å². The summed E-state index contributed by atoms with van der Waals surface area (Å²) in [5.41, 5.74) is -1.87. The van der Waals surface area contributed by atoms with E-state index in [9.17, 15) is 34.8 Å². The number of ether oxygens (including phenoxy) is 1. The zero-order valence-electron chi connectivity index (χ0n) is 14.4. The van der Waals surface area contributed by atoms with Crippen LogP contribution in [0.15, 0.2) is 53.4 Å². The molecule has 0 bridgehead atoms. The molecule has 0 saturated heterocycles. The molecule has 4 nitrogen and oxygen atoms in total. The van der Waals surface area contributed by atoms with E-state index in [1.54, 1.807) is 0 Å². The molecule has 0 aromatic heterocycles. The molecule has 0 spiro atoms. The van der Waals surface area contributed by atoms with Gasteiger partial charge in [0.15, 0.2) is 0 Å². The van der Waals surface area contributed by atoms with Crippen molar-refractivity contribution in [2.45, 2.75) is 17.2 Å². The lowest BCUT2D eigenvalue weighted by Crippen LogP contribution is -2.24. The minimum Gasteiger partial charge on any atom is -0.481 e. The molecule has 1 N–H and O–H groups in total. The fourth-order valence-electron chi connectivity index (χ4n) is 2.03. The van der Waals surface area contributed by atoms with E-state index in [1.165, 1.54) is 12.1 Å². The molecule has 29 heavy (non-hydrogen) atoms. The molecule has 0 aliphatic rings. The Morgan fingerprint density at radius 1 is 0.862 bits per heavy atom. The zero-order valence-corrected chi connectivity index (χ0v) is 15.3. The van der Waals surface area contributed by atoms with E-state index >= 15 is 0 Å². The van der Waals surface area contributed by atoms with E-state index < -0.39 is 33.5 Å². The fourth-order valence-corrected chi connectivity index (χ4v) is 2.96. The maximum absolute atomic E-state index is 12.6. The van der Waals surface area contributed by atoms with Crippen molar-refractivity contribution in [3.8, 4) is 17.6 Å². The average Bonchev–Trinajstić information content (AvgIpc) is 2.63. The number of hydrogen-bond acceptors (Lipinski definition) is 3. The van der Waals surface area contributed by atoms with E-state index in [4.69, 9.17) is 4.74 Å². The molecule has 2 aromatic rings. The smallest absolute Gasteiger partial charge is 0.416 e. The van der Waals surface area contributed by atoms with Crippen molar-refractivity contribution in [2.75, 3.05) is 13.2 Å². The first-order chi connectivity index (χ1) is 13.4. The molecule has 0 radical (unpaired) electrons. The van der Waals surface area contributed by atoms with Gasteiger partial charge in [0.25, 0.3) is 0 Å². The Morgan fingerprint density at radius 2 is 1.48 bits per heavy atom. The molecular weight excluding hydrogens is 424 g/mol. The number of benzene rings is 2. The van der Waals surface area contributed by atoms with Crippen LogP contribution in [-0.4, -0.2) is 21.6 Å². The van der Waals surface area contributed by atoms with Crippen molar-refractivity contribution in [1.82, 2.24) is 4.72 Å². The van der Waals surface area contributed by atoms with Crippen LogP contribution in [0.25, 0.3) is 0 Å². The molecule has 0 fully saturated rings. The van der Waals surface area contributed by atoms with Gasteiger partial charge in [-0.25, -0.2) is 8.42 Å². The molecule has 0 heterocycles. The minimum absolute atomic E-state index is 0.0561. The third kappa shape index (κ3) is 6.69. The SMILES string of the molecule is O=S(=O)(NCC#CCOc1cccc(C(F)(F)F)c1)c1ccc(C(F)(F)F)cc1. The Kier molecular flexibility index (Phi) is 6.81. The highest BCUT2D eigenvalue weighted by atomic mass is 32.2. The van der Waals surface area contributed by atoms with Crippen molar-refractivity contribution in [2.24, 2.45) is 0 Å². The monoisotopic (exact) mass is 437 g/mol. The van der Waals surface area contributed by atoms with E-state index in [1.807, 2.05) is 0 Å². The van der Waals surface area contributed by atoms with Crippen LogP contribution in [-0.2, 0) is 22.4 Å². The highest BCUT2D eigenvalue weighted by Crippen LogP contribution is 2.31. The van der Waals surface area contributed by atoms with Gasteiger partial charge in [-0.1, -0.05) is 17.9 Å². The van der Waals surface area contributed by atoms with Crippen molar-refractivity contribution in [1.29, 1.82) is 0 Å². The second kappa shape index (κ2) is 8.75. The lowest BCUT2D eigenvalue weighted by atomic mass is 10.2. The minimum atomic E-state index is -4.58. The maximum atomic E-state index is 12.6. The Labute approximate surface area is 162 Å². The van der Waals surface area contributed by atoms with Crippen LogP contribution in [0.3, 0.4) is 0 Å². The molecule has 0 aliphatic carbocycles. The van der Waals surface area contributed by atoms with Crippen molar-refractivity contribution in [3.63, 3.8) is 0 Å². The molecule has 156 valence electrons. The van der Waals surface area contributed by atoms with E-state index in [-0.39, 0.29) is 23.8 Å². The van der Waals surface area contributed by atoms with Gasteiger partial charge in [-0.3, -0.25) is 0 Å². The van der Waals surface area contributed by atoms with Gasteiger partial charge in [-0.15, -0.1) is 0 Å². The number of alkyl halides is 6. The molecule has 0 atom stereocenters. The largest absolute Gasteiger partial charge is 0.481 e. The number of halogens is 6. The molecule has 0 amide bonds. The maximum Gasteiger partial charge on any atom is 0.416 e. The van der Waals surface area contributed by atoms with Crippen molar-refractivity contribution in [3.05, 3.63) is 59.7 Å². The molecule has 0 aliphatic heterocycles. The lowest BCUT2D eigenvalue weighted by molar-refractivity contribution is -0.138. The number of hydrogen-bond donors (Lipinski definition) is 1. The van der Waals surface area contributed by atoms with Crippen molar-refractivity contribution < 1.29 is 39.5 Å². The summed E-state index contributed by atoms with van der Waals surface area (Å²) in [7, 11) is -4.07. The second-order valence-electron chi connectivity index (χ2n) is 5.51. The van der Waals surface area contributed by atoms with Crippen molar-refractivity contribution >= 4 is 10.0 Å². The molecule has 0 saturated carbocycles. The molecular formula is C18H13F6NO3S. The summed E-state index contributed by atoms with van der Waals surface area (Å²) in [5, 5.41) is 0. The van der Waals surface area contributed by atoms with Gasteiger partial charge >= 0.3 is 12.4 Å². The van der Waals surface area contributed by atoms with Gasteiger partial charge in [0.1, 0.15) is 12.4 Å². The predicted molar refractivity (Wildman–Crippen MR) is 91.3 cm³/mol. The molecule has 11 heteroatoms. The quantitative estimate of drug-likeness (QED) is 0.567. The standard InChI is InChI=1S/C18H13F6NO3S/c19-17(20,21)13-6-8-16(9-7-13)29(26,27)25-10-1-2-11-28-15-5-3-4-14(12-15)18(22,23)24/h3-9,12,25H,10-11H2. The van der Waals surface area contributed by atoms with Crippen LogP contribution in [0.2, 0.25) is 0 Å². The Bertz CT molecular complexity index is 1000. The topological polar surface area (TPSA) is 55.4 Å². The summed E-state index contributed by atoms with van der Waals surface area (Å²) in [4.78, 5) is -0.368. The summed E-state index contributed by atoms with van der Waals surface area (Å²) in [5.74, 6) is 4.75. The van der Waals surface area contributed by atoms with Gasteiger partial charge in [0.05, 0.1) is 22.6 Å². The fraction of sp³-hybridized carbons (Fsp3) is 0.222. The van der Waals surface area contributed by atoms with Gasteiger partial charge in [0.2, 0.25) is 10.0 Å². The lowest BCUT2D eigenvalue weighted by Gasteiger charge is -2.08. The first-order valence-corrected chi connectivity index (χ1v) is 9.30. The van der Waals surface area contributed by atoms with Crippen LogP contribution in [0.4, 0.5) is 26.3 Å². The Hall–Kier alpha value is -2.71. The van der Waals surface area contributed by atoms with Crippen LogP contribution < -0.4 is 9.46 Å². The molecule has 2 aromatic carbocycles. The van der Waals surface area contributed by atoms with E-state index in [0.717, 1.165) is 24.3 Å². The number of nitrogens with one attached hydrogen (secondary N) is 1. The summed E-state index contributed by atoms with van der Waals surface area (Å²) < 4.78 is 106. The predicted octanol–water partition coefficient (Wildman–Crippen LogP) is 4.08. The first kappa shape index (κ1) is 22.6. The van der Waals surface area contributed by atoms with Crippen LogP contribution >= 0.6 is 0 Å². The highest BCUT2D eigenvalue weighted by Gasteiger charge is 2.31.